The van der Waals surface area contributed by atoms with E-state index in [-0.39, 0.29) is 0 Å². The lowest BCUT2D eigenvalue weighted by Gasteiger charge is -2.40. The van der Waals surface area contributed by atoms with Crippen LogP contribution in [0.2, 0.25) is 0 Å². The van der Waals surface area contributed by atoms with Crippen molar-refractivity contribution >= 4 is 0 Å². The molecule has 0 saturated heterocycles. The summed E-state index contributed by atoms with van der Waals surface area (Å²) >= 11 is 0. The van der Waals surface area contributed by atoms with Crippen molar-refractivity contribution in [2.45, 2.75) is 45.6 Å². The lowest BCUT2D eigenvalue weighted by Crippen LogP contribution is -2.49. The van der Waals surface area contributed by atoms with Gasteiger partial charge in [0.1, 0.15) is 0 Å². The first-order valence-electron chi connectivity index (χ1n) is 4.37. The molecule has 0 aromatic rings. The Bertz CT molecular complexity index is 103. The van der Waals surface area contributed by atoms with Gasteiger partial charge in [-0.05, 0) is 38.6 Å². The molecular formula is C9H19N. The van der Waals surface area contributed by atoms with Crippen LogP contribution in [0.3, 0.4) is 0 Å². The van der Waals surface area contributed by atoms with E-state index in [1.165, 1.54) is 25.8 Å². The third kappa shape index (κ3) is 1.98. The van der Waals surface area contributed by atoms with Crippen LogP contribution in [0.1, 0.15) is 40.0 Å². The van der Waals surface area contributed by atoms with Gasteiger partial charge in [0, 0.05) is 5.54 Å². The van der Waals surface area contributed by atoms with Crippen molar-refractivity contribution in [1.82, 2.24) is 5.32 Å². The first kappa shape index (κ1) is 8.06. The van der Waals surface area contributed by atoms with Crippen LogP contribution in [0.5, 0.6) is 0 Å². The SMILES string of the molecule is CC(C)CNC1(C)CCC1. The zero-order valence-corrected chi connectivity index (χ0v) is 7.41. The van der Waals surface area contributed by atoms with Crippen LogP contribution in [0, 0.1) is 5.92 Å². The monoisotopic (exact) mass is 141 g/mol. The number of rotatable bonds is 3. The molecule has 10 heavy (non-hydrogen) atoms. The highest BCUT2D eigenvalue weighted by Gasteiger charge is 2.30. The maximum atomic E-state index is 3.59. The fourth-order valence-electron chi connectivity index (χ4n) is 1.33. The highest BCUT2D eigenvalue weighted by atomic mass is 15.0. The summed E-state index contributed by atoms with van der Waals surface area (Å²) in [7, 11) is 0. The van der Waals surface area contributed by atoms with Crippen molar-refractivity contribution in [3.05, 3.63) is 0 Å². The van der Waals surface area contributed by atoms with E-state index in [2.05, 4.69) is 26.1 Å². The van der Waals surface area contributed by atoms with Crippen LogP contribution < -0.4 is 5.32 Å². The van der Waals surface area contributed by atoms with Crippen LogP contribution >= 0.6 is 0 Å². The van der Waals surface area contributed by atoms with Crippen molar-refractivity contribution in [2.24, 2.45) is 5.92 Å². The van der Waals surface area contributed by atoms with Gasteiger partial charge in [-0.25, -0.2) is 0 Å². The highest BCUT2D eigenvalue weighted by molar-refractivity contribution is 4.91. The Hall–Kier alpha value is -0.0400. The third-order valence-electron chi connectivity index (χ3n) is 2.39. The summed E-state index contributed by atoms with van der Waals surface area (Å²) in [4.78, 5) is 0. The van der Waals surface area contributed by atoms with Crippen molar-refractivity contribution in [1.29, 1.82) is 0 Å². The molecule has 1 rings (SSSR count). The zero-order valence-electron chi connectivity index (χ0n) is 7.41. The fourth-order valence-corrected chi connectivity index (χ4v) is 1.33. The Labute approximate surface area is 64.2 Å². The molecule has 1 aliphatic carbocycles. The Morgan fingerprint density at radius 3 is 2.30 bits per heavy atom. The predicted octanol–water partition coefficient (Wildman–Crippen LogP) is 2.17. The van der Waals surface area contributed by atoms with E-state index in [0.717, 1.165) is 5.92 Å². The molecule has 0 aromatic heterocycles. The number of hydrogen-bond acceptors (Lipinski definition) is 1. The summed E-state index contributed by atoms with van der Waals surface area (Å²) in [5.74, 6) is 0.789. The van der Waals surface area contributed by atoms with Crippen molar-refractivity contribution in [3.63, 3.8) is 0 Å². The van der Waals surface area contributed by atoms with Crippen LogP contribution in [0.25, 0.3) is 0 Å². The molecule has 0 spiro atoms. The van der Waals surface area contributed by atoms with Gasteiger partial charge in [0.15, 0.2) is 0 Å². The second-order valence-corrected chi connectivity index (χ2v) is 4.19. The van der Waals surface area contributed by atoms with Crippen LogP contribution in [-0.2, 0) is 0 Å². The highest BCUT2D eigenvalue weighted by Crippen LogP contribution is 2.30. The summed E-state index contributed by atoms with van der Waals surface area (Å²) in [5.41, 5.74) is 0.504. The summed E-state index contributed by atoms with van der Waals surface area (Å²) in [5, 5.41) is 3.59. The largest absolute Gasteiger partial charge is 0.311 e. The summed E-state index contributed by atoms with van der Waals surface area (Å²) in [6.45, 7) is 8.03. The van der Waals surface area contributed by atoms with Gasteiger partial charge >= 0.3 is 0 Å². The van der Waals surface area contributed by atoms with Crippen LogP contribution in [-0.4, -0.2) is 12.1 Å². The molecular weight excluding hydrogens is 122 g/mol. The zero-order chi connectivity index (χ0) is 7.61. The molecule has 1 saturated carbocycles. The second-order valence-electron chi connectivity index (χ2n) is 4.19. The van der Waals surface area contributed by atoms with E-state index in [0.29, 0.717) is 5.54 Å². The molecule has 1 nitrogen and oxygen atoms in total. The van der Waals surface area contributed by atoms with E-state index in [1.807, 2.05) is 0 Å². The molecule has 1 aliphatic rings. The minimum atomic E-state index is 0.504. The van der Waals surface area contributed by atoms with Crippen LogP contribution in [0.4, 0.5) is 0 Å². The molecule has 0 atom stereocenters. The van der Waals surface area contributed by atoms with E-state index < -0.39 is 0 Å². The lowest BCUT2D eigenvalue weighted by atomic mass is 9.78. The van der Waals surface area contributed by atoms with E-state index >= 15 is 0 Å². The van der Waals surface area contributed by atoms with Gasteiger partial charge in [-0.3, -0.25) is 0 Å². The standard InChI is InChI=1S/C9H19N/c1-8(2)7-10-9(3)5-4-6-9/h8,10H,4-7H2,1-3H3. The minimum Gasteiger partial charge on any atom is -0.311 e. The molecule has 0 aliphatic heterocycles. The molecule has 60 valence electrons. The van der Waals surface area contributed by atoms with Gasteiger partial charge in [0.2, 0.25) is 0 Å². The number of hydrogen-bond donors (Lipinski definition) is 1. The maximum Gasteiger partial charge on any atom is 0.0153 e. The smallest absolute Gasteiger partial charge is 0.0153 e. The average molecular weight is 141 g/mol. The first-order chi connectivity index (χ1) is 4.62. The molecule has 0 radical (unpaired) electrons. The molecule has 1 heteroatoms. The van der Waals surface area contributed by atoms with Gasteiger partial charge in [-0.1, -0.05) is 13.8 Å². The Kier molecular flexibility index (Phi) is 2.35. The first-order valence-corrected chi connectivity index (χ1v) is 4.37. The molecule has 0 amide bonds. The van der Waals surface area contributed by atoms with E-state index in [9.17, 15) is 0 Å². The quantitative estimate of drug-likeness (QED) is 0.635. The summed E-state index contributed by atoms with van der Waals surface area (Å²) < 4.78 is 0. The van der Waals surface area contributed by atoms with Crippen molar-refractivity contribution in [2.75, 3.05) is 6.54 Å². The maximum absolute atomic E-state index is 3.59. The average Bonchev–Trinajstić information content (AvgIpc) is 1.79. The van der Waals surface area contributed by atoms with Gasteiger partial charge in [-0.15, -0.1) is 0 Å². The Morgan fingerprint density at radius 1 is 1.40 bits per heavy atom. The molecule has 0 unspecified atom stereocenters. The summed E-state index contributed by atoms with van der Waals surface area (Å²) in [6.07, 6.45) is 4.17. The predicted molar refractivity (Wildman–Crippen MR) is 45.1 cm³/mol. The Morgan fingerprint density at radius 2 is 2.00 bits per heavy atom. The van der Waals surface area contributed by atoms with Gasteiger partial charge in [-0.2, -0.15) is 0 Å². The van der Waals surface area contributed by atoms with Crippen molar-refractivity contribution in [3.8, 4) is 0 Å². The molecule has 0 heterocycles. The third-order valence-corrected chi connectivity index (χ3v) is 2.39. The summed E-state index contributed by atoms with van der Waals surface area (Å²) in [6, 6.07) is 0. The molecule has 1 fully saturated rings. The fraction of sp³-hybridized carbons (Fsp3) is 1.00. The second kappa shape index (κ2) is 2.91. The Balaban J connectivity index is 2.12. The van der Waals surface area contributed by atoms with Crippen molar-refractivity contribution < 1.29 is 0 Å². The number of nitrogens with one attached hydrogen (secondary N) is 1. The lowest BCUT2D eigenvalue weighted by molar-refractivity contribution is 0.201. The van der Waals surface area contributed by atoms with Gasteiger partial charge in [0.05, 0.1) is 0 Å². The molecule has 0 aromatic carbocycles. The van der Waals surface area contributed by atoms with Gasteiger partial charge in [0.25, 0.3) is 0 Å². The van der Waals surface area contributed by atoms with E-state index in [4.69, 9.17) is 0 Å². The molecule has 1 N–H and O–H groups in total. The molecule has 0 bridgehead atoms. The van der Waals surface area contributed by atoms with E-state index in [1.54, 1.807) is 0 Å². The topological polar surface area (TPSA) is 12.0 Å². The normalized spacial score (nSPS) is 22.8. The minimum absolute atomic E-state index is 0.504. The van der Waals surface area contributed by atoms with Crippen LogP contribution in [0.15, 0.2) is 0 Å². The van der Waals surface area contributed by atoms with Gasteiger partial charge < -0.3 is 5.32 Å².